The Balaban J connectivity index is 1.90. The van der Waals surface area contributed by atoms with E-state index in [2.05, 4.69) is 0 Å². The zero-order valence-corrected chi connectivity index (χ0v) is 8.95. The van der Waals surface area contributed by atoms with Crippen LogP contribution in [0, 0.1) is 11.8 Å². The minimum Gasteiger partial charge on any atom is -0.460 e. The fraction of sp³-hybridized carbons (Fsp3) is 0.909. The summed E-state index contributed by atoms with van der Waals surface area (Å²) in [5, 5.41) is 0. The van der Waals surface area contributed by atoms with Gasteiger partial charge >= 0.3 is 5.97 Å². The summed E-state index contributed by atoms with van der Waals surface area (Å²) < 4.78 is 5.50. The molecule has 0 atom stereocenters. The predicted molar refractivity (Wildman–Crippen MR) is 53.6 cm³/mol. The largest absolute Gasteiger partial charge is 0.460 e. The Hall–Kier alpha value is -0.570. The molecule has 0 saturated heterocycles. The van der Waals surface area contributed by atoms with Crippen molar-refractivity contribution in [3.8, 4) is 0 Å². The Morgan fingerprint density at radius 1 is 1.29 bits per heavy atom. The number of carbonyl (C=O) groups is 1. The third-order valence-corrected chi connectivity index (χ3v) is 2.94. The van der Waals surface area contributed by atoms with E-state index in [1.54, 1.807) is 13.8 Å². The second-order valence-corrected chi connectivity index (χ2v) is 5.27. The van der Waals surface area contributed by atoms with Crippen molar-refractivity contribution in [2.45, 2.75) is 51.2 Å². The molecule has 0 spiro atoms. The van der Waals surface area contributed by atoms with Crippen LogP contribution in [0.5, 0.6) is 0 Å². The van der Waals surface area contributed by atoms with Gasteiger partial charge in [-0.1, -0.05) is 0 Å². The van der Waals surface area contributed by atoms with Gasteiger partial charge in [0.15, 0.2) is 0 Å². The second-order valence-electron chi connectivity index (χ2n) is 5.27. The summed E-state index contributed by atoms with van der Waals surface area (Å²) >= 11 is 0. The number of carbonyl (C=O) groups excluding carboxylic acids is 1. The van der Waals surface area contributed by atoms with Crippen LogP contribution in [0.3, 0.4) is 0 Å². The number of hydrogen-bond acceptors (Lipinski definition) is 3. The average molecular weight is 197 g/mol. The van der Waals surface area contributed by atoms with Crippen LogP contribution in [0.4, 0.5) is 0 Å². The average Bonchev–Trinajstić information content (AvgIpc) is 2.90. The van der Waals surface area contributed by atoms with Crippen LogP contribution in [-0.4, -0.2) is 17.6 Å². The Labute approximate surface area is 85.0 Å². The Bertz CT molecular complexity index is 224. The van der Waals surface area contributed by atoms with Gasteiger partial charge in [0.2, 0.25) is 0 Å². The van der Waals surface area contributed by atoms with Gasteiger partial charge in [-0.3, -0.25) is 4.79 Å². The summed E-state index contributed by atoms with van der Waals surface area (Å²) in [6.45, 7) is 3.40. The van der Waals surface area contributed by atoms with Crippen molar-refractivity contribution in [3.63, 3.8) is 0 Å². The number of rotatable bonds is 4. The van der Waals surface area contributed by atoms with Crippen molar-refractivity contribution < 1.29 is 9.53 Å². The van der Waals surface area contributed by atoms with Crippen LogP contribution in [-0.2, 0) is 9.53 Å². The first kappa shape index (κ1) is 9.97. The van der Waals surface area contributed by atoms with Gasteiger partial charge in [0.05, 0.1) is 0 Å². The molecule has 0 aromatic rings. The second kappa shape index (κ2) is 3.23. The quantitative estimate of drug-likeness (QED) is 0.694. The minimum absolute atomic E-state index is 0.172. The van der Waals surface area contributed by atoms with Gasteiger partial charge in [-0.15, -0.1) is 0 Å². The molecule has 0 aliphatic heterocycles. The molecule has 2 saturated carbocycles. The summed E-state index contributed by atoms with van der Waals surface area (Å²) in [6, 6.07) is 0. The normalized spacial score (nSPS) is 22.6. The van der Waals surface area contributed by atoms with E-state index >= 15 is 0 Å². The van der Waals surface area contributed by atoms with Gasteiger partial charge in [-0.05, 0) is 51.4 Å². The number of hydrogen-bond donors (Lipinski definition) is 1. The fourth-order valence-electron chi connectivity index (χ4n) is 1.70. The first-order valence-electron chi connectivity index (χ1n) is 5.48. The molecule has 0 bridgehead atoms. The molecule has 2 N–H and O–H groups in total. The monoisotopic (exact) mass is 197 g/mol. The fourth-order valence-corrected chi connectivity index (χ4v) is 1.70. The van der Waals surface area contributed by atoms with Crippen molar-refractivity contribution in [1.82, 2.24) is 0 Å². The van der Waals surface area contributed by atoms with E-state index in [0.29, 0.717) is 11.8 Å². The molecule has 80 valence electrons. The molecule has 14 heavy (non-hydrogen) atoms. The zero-order chi connectivity index (χ0) is 10.3. The van der Waals surface area contributed by atoms with E-state index in [1.807, 2.05) is 0 Å². The van der Waals surface area contributed by atoms with Gasteiger partial charge in [0.25, 0.3) is 0 Å². The molecule has 0 unspecified atom stereocenters. The van der Waals surface area contributed by atoms with Crippen LogP contribution in [0.1, 0.15) is 39.5 Å². The highest BCUT2D eigenvalue weighted by Gasteiger charge is 2.45. The number of ether oxygens (including phenoxy) is 1. The van der Waals surface area contributed by atoms with E-state index in [4.69, 9.17) is 10.5 Å². The Morgan fingerprint density at radius 3 is 2.00 bits per heavy atom. The van der Waals surface area contributed by atoms with Crippen LogP contribution < -0.4 is 5.73 Å². The lowest BCUT2D eigenvalue weighted by molar-refractivity contribution is -0.156. The lowest BCUT2D eigenvalue weighted by Gasteiger charge is -2.23. The van der Waals surface area contributed by atoms with Gasteiger partial charge in [0.1, 0.15) is 11.6 Å². The van der Waals surface area contributed by atoms with Crippen LogP contribution in [0.2, 0.25) is 0 Å². The predicted octanol–water partition coefficient (Wildman–Crippen LogP) is 1.46. The molecule has 2 aliphatic carbocycles. The Morgan fingerprint density at radius 2 is 1.71 bits per heavy atom. The van der Waals surface area contributed by atoms with Crippen molar-refractivity contribution in [3.05, 3.63) is 0 Å². The number of nitrogens with two attached hydrogens (primary N) is 1. The van der Waals surface area contributed by atoms with Gasteiger partial charge in [-0.25, -0.2) is 0 Å². The smallest absolute Gasteiger partial charge is 0.325 e. The molecule has 0 amide bonds. The highest BCUT2D eigenvalue weighted by molar-refractivity contribution is 5.79. The topological polar surface area (TPSA) is 52.3 Å². The van der Waals surface area contributed by atoms with Crippen LogP contribution in [0.15, 0.2) is 0 Å². The van der Waals surface area contributed by atoms with E-state index in [0.717, 1.165) is 0 Å². The first-order valence-corrected chi connectivity index (χ1v) is 5.48. The summed E-state index contributed by atoms with van der Waals surface area (Å²) in [7, 11) is 0. The lowest BCUT2D eigenvalue weighted by Crippen LogP contribution is -2.45. The third kappa shape index (κ3) is 2.27. The highest BCUT2D eigenvalue weighted by Crippen LogP contribution is 2.46. The molecule has 2 rings (SSSR count). The van der Waals surface area contributed by atoms with E-state index in [1.165, 1.54) is 25.7 Å². The molecule has 0 aromatic heterocycles. The summed E-state index contributed by atoms with van der Waals surface area (Å²) in [6.07, 6.45) is 5.06. The van der Waals surface area contributed by atoms with E-state index < -0.39 is 5.54 Å². The van der Waals surface area contributed by atoms with Gasteiger partial charge < -0.3 is 10.5 Å². The van der Waals surface area contributed by atoms with Crippen molar-refractivity contribution in [2.75, 3.05) is 0 Å². The van der Waals surface area contributed by atoms with Crippen molar-refractivity contribution >= 4 is 5.97 Å². The van der Waals surface area contributed by atoms with Crippen molar-refractivity contribution in [1.29, 1.82) is 0 Å². The molecule has 2 fully saturated rings. The molecule has 0 radical (unpaired) electrons. The summed E-state index contributed by atoms with van der Waals surface area (Å²) in [5.41, 5.74) is 4.85. The standard InChI is InChI=1S/C11H19NO2/c1-11(2,12)10(13)14-9(7-3-4-7)8-5-6-8/h7-9H,3-6,12H2,1-2H3. The maximum absolute atomic E-state index is 11.6. The van der Waals surface area contributed by atoms with Crippen LogP contribution >= 0.6 is 0 Å². The Kier molecular flexibility index (Phi) is 2.30. The molecular formula is C11H19NO2. The highest BCUT2D eigenvalue weighted by atomic mass is 16.5. The molecule has 3 nitrogen and oxygen atoms in total. The number of esters is 1. The molecular weight excluding hydrogens is 178 g/mol. The molecule has 0 heterocycles. The minimum atomic E-state index is -0.845. The van der Waals surface area contributed by atoms with Crippen LogP contribution in [0.25, 0.3) is 0 Å². The first-order chi connectivity index (χ1) is 6.48. The summed E-state index contributed by atoms with van der Waals surface area (Å²) in [4.78, 5) is 11.6. The van der Waals surface area contributed by atoms with Gasteiger partial charge in [0, 0.05) is 0 Å². The third-order valence-electron chi connectivity index (χ3n) is 2.94. The van der Waals surface area contributed by atoms with Crippen molar-refractivity contribution in [2.24, 2.45) is 17.6 Å². The SMILES string of the molecule is CC(C)(N)C(=O)OC(C1CC1)C1CC1. The van der Waals surface area contributed by atoms with Gasteiger partial charge in [-0.2, -0.15) is 0 Å². The molecule has 2 aliphatic rings. The zero-order valence-electron chi connectivity index (χ0n) is 8.95. The van der Waals surface area contributed by atoms with E-state index in [9.17, 15) is 4.79 Å². The maximum Gasteiger partial charge on any atom is 0.325 e. The lowest BCUT2D eigenvalue weighted by atomic mass is 10.1. The molecule has 3 heteroatoms. The van der Waals surface area contributed by atoms with E-state index in [-0.39, 0.29) is 12.1 Å². The molecule has 0 aromatic carbocycles. The maximum atomic E-state index is 11.6. The summed E-state index contributed by atoms with van der Waals surface area (Å²) in [5.74, 6) is 1.02.